The van der Waals surface area contributed by atoms with Crippen LogP contribution in [0.4, 0.5) is 13.2 Å². The SMILES string of the molecule is FC(F)(F)c1ccccc1-n1cccc1CNCCN1CCCC1. The van der Waals surface area contributed by atoms with Crippen LogP contribution < -0.4 is 5.32 Å². The molecule has 0 saturated carbocycles. The zero-order chi connectivity index (χ0) is 17.0. The van der Waals surface area contributed by atoms with Crippen LogP contribution in [-0.4, -0.2) is 35.6 Å². The van der Waals surface area contributed by atoms with Crippen LogP contribution in [0.1, 0.15) is 24.1 Å². The van der Waals surface area contributed by atoms with Gasteiger partial charge in [-0.25, -0.2) is 0 Å². The van der Waals surface area contributed by atoms with Gasteiger partial charge < -0.3 is 14.8 Å². The molecule has 0 radical (unpaired) electrons. The minimum absolute atomic E-state index is 0.173. The standard InChI is InChI=1S/C18H22F3N3/c19-18(20,21)16-7-1-2-8-17(16)24-12-5-6-15(24)14-22-9-13-23-10-3-4-11-23/h1-2,5-8,12,22H,3-4,9-11,13-14H2. The van der Waals surface area contributed by atoms with E-state index in [1.54, 1.807) is 22.9 Å². The van der Waals surface area contributed by atoms with Crippen molar-refractivity contribution in [2.45, 2.75) is 25.6 Å². The van der Waals surface area contributed by atoms with Gasteiger partial charge in [0, 0.05) is 31.5 Å². The molecule has 1 saturated heterocycles. The average molecular weight is 337 g/mol. The van der Waals surface area contributed by atoms with Gasteiger partial charge in [0.1, 0.15) is 0 Å². The summed E-state index contributed by atoms with van der Waals surface area (Å²) in [5.74, 6) is 0. The van der Waals surface area contributed by atoms with Gasteiger partial charge in [-0.1, -0.05) is 12.1 Å². The first-order valence-electron chi connectivity index (χ1n) is 8.31. The Morgan fingerprint density at radius 2 is 1.75 bits per heavy atom. The molecule has 1 aromatic heterocycles. The minimum Gasteiger partial charge on any atom is -0.319 e. The van der Waals surface area contributed by atoms with Crippen molar-refractivity contribution in [2.75, 3.05) is 26.2 Å². The van der Waals surface area contributed by atoms with Gasteiger partial charge in [0.05, 0.1) is 11.3 Å². The summed E-state index contributed by atoms with van der Waals surface area (Å²) in [6.45, 7) is 4.67. The number of likely N-dealkylation sites (tertiary alicyclic amines) is 1. The predicted octanol–water partition coefficient (Wildman–Crippen LogP) is 3.68. The summed E-state index contributed by atoms with van der Waals surface area (Å²) in [6.07, 6.45) is -0.155. The lowest BCUT2D eigenvalue weighted by molar-refractivity contribution is -0.137. The molecule has 2 aromatic rings. The Hall–Kier alpha value is -1.79. The van der Waals surface area contributed by atoms with Gasteiger partial charge in [-0.15, -0.1) is 0 Å². The van der Waals surface area contributed by atoms with Crippen LogP contribution in [-0.2, 0) is 12.7 Å². The largest absolute Gasteiger partial charge is 0.418 e. The second kappa shape index (κ2) is 7.40. The number of rotatable bonds is 6. The van der Waals surface area contributed by atoms with E-state index >= 15 is 0 Å². The van der Waals surface area contributed by atoms with Gasteiger partial charge >= 0.3 is 6.18 Å². The third-order valence-electron chi connectivity index (χ3n) is 4.41. The zero-order valence-electron chi connectivity index (χ0n) is 13.5. The van der Waals surface area contributed by atoms with Crippen LogP contribution in [0.15, 0.2) is 42.6 Å². The van der Waals surface area contributed by atoms with Gasteiger partial charge in [0.2, 0.25) is 0 Å². The molecular weight excluding hydrogens is 315 g/mol. The number of aromatic nitrogens is 1. The molecule has 0 atom stereocenters. The quantitative estimate of drug-likeness (QED) is 0.812. The smallest absolute Gasteiger partial charge is 0.319 e. The molecule has 3 rings (SSSR count). The van der Waals surface area contributed by atoms with E-state index in [4.69, 9.17) is 0 Å². The fourth-order valence-corrected chi connectivity index (χ4v) is 3.18. The van der Waals surface area contributed by atoms with Crippen molar-refractivity contribution in [1.29, 1.82) is 0 Å². The highest BCUT2D eigenvalue weighted by molar-refractivity contribution is 5.44. The average Bonchev–Trinajstić information content (AvgIpc) is 3.22. The van der Waals surface area contributed by atoms with Crippen molar-refractivity contribution in [3.8, 4) is 5.69 Å². The summed E-state index contributed by atoms with van der Waals surface area (Å²) in [5, 5.41) is 3.34. The fraction of sp³-hybridized carbons (Fsp3) is 0.444. The molecule has 1 fully saturated rings. The molecule has 1 aromatic carbocycles. The van der Waals surface area contributed by atoms with Crippen molar-refractivity contribution in [3.05, 3.63) is 53.9 Å². The molecule has 24 heavy (non-hydrogen) atoms. The predicted molar refractivity (Wildman–Crippen MR) is 88.2 cm³/mol. The first-order chi connectivity index (χ1) is 11.6. The molecule has 0 spiro atoms. The molecule has 130 valence electrons. The van der Waals surface area contributed by atoms with E-state index in [0.717, 1.165) is 37.9 Å². The van der Waals surface area contributed by atoms with Gasteiger partial charge in [0.25, 0.3) is 0 Å². The summed E-state index contributed by atoms with van der Waals surface area (Å²) in [5.41, 5.74) is 0.388. The van der Waals surface area contributed by atoms with E-state index in [1.165, 1.54) is 25.0 Å². The van der Waals surface area contributed by atoms with E-state index in [1.807, 2.05) is 6.07 Å². The van der Waals surface area contributed by atoms with E-state index in [2.05, 4.69) is 10.2 Å². The van der Waals surface area contributed by atoms with Crippen LogP contribution in [0.3, 0.4) is 0 Å². The lowest BCUT2D eigenvalue weighted by atomic mass is 10.1. The second-order valence-electron chi connectivity index (χ2n) is 6.11. The molecule has 6 heteroatoms. The summed E-state index contributed by atoms with van der Waals surface area (Å²) in [6, 6.07) is 9.33. The Labute approximate surface area is 140 Å². The Bertz CT molecular complexity index is 658. The summed E-state index contributed by atoms with van der Waals surface area (Å²) in [7, 11) is 0. The molecule has 1 N–H and O–H groups in total. The molecule has 1 aliphatic heterocycles. The summed E-state index contributed by atoms with van der Waals surface area (Å²) in [4.78, 5) is 2.41. The van der Waals surface area contributed by atoms with E-state index in [9.17, 15) is 13.2 Å². The Morgan fingerprint density at radius 3 is 2.50 bits per heavy atom. The minimum atomic E-state index is -4.36. The number of benzene rings is 1. The van der Waals surface area contributed by atoms with Crippen LogP contribution in [0.2, 0.25) is 0 Å². The first-order valence-corrected chi connectivity index (χ1v) is 8.31. The monoisotopic (exact) mass is 337 g/mol. The number of alkyl halides is 3. The number of hydrogen-bond donors (Lipinski definition) is 1. The molecule has 0 amide bonds. The van der Waals surface area contributed by atoms with Gasteiger partial charge in [-0.3, -0.25) is 0 Å². The lowest BCUT2D eigenvalue weighted by Gasteiger charge is -2.17. The van der Waals surface area contributed by atoms with E-state index in [0.29, 0.717) is 6.54 Å². The maximum absolute atomic E-state index is 13.2. The molecule has 2 heterocycles. The van der Waals surface area contributed by atoms with Crippen molar-refractivity contribution in [1.82, 2.24) is 14.8 Å². The lowest BCUT2D eigenvalue weighted by Crippen LogP contribution is -2.30. The number of halogens is 3. The van der Waals surface area contributed by atoms with E-state index in [-0.39, 0.29) is 5.69 Å². The third-order valence-corrected chi connectivity index (χ3v) is 4.41. The molecular formula is C18H22F3N3. The van der Waals surface area contributed by atoms with Crippen molar-refractivity contribution >= 4 is 0 Å². The van der Waals surface area contributed by atoms with Gasteiger partial charge in [0.15, 0.2) is 0 Å². The Balaban J connectivity index is 1.67. The number of hydrogen-bond acceptors (Lipinski definition) is 2. The first kappa shape index (κ1) is 17.0. The Morgan fingerprint density at radius 1 is 1.00 bits per heavy atom. The molecule has 0 unspecified atom stereocenters. The van der Waals surface area contributed by atoms with Crippen LogP contribution >= 0.6 is 0 Å². The molecule has 0 bridgehead atoms. The maximum atomic E-state index is 13.2. The fourth-order valence-electron chi connectivity index (χ4n) is 3.18. The van der Waals surface area contributed by atoms with Crippen LogP contribution in [0.5, 0.6) is 0 Å². The highest BCUT2D eigenvalue weighted by Crippen LogP contribution is 2.34. The molecule has 0 aliphatic carbocycles. The summed E-state index contributed by atoms with van der Waals surface area (Å²) >= 11 is 0. The number of para-hydroxylation sites is 1. The highest BCUT2D eigenvalue weighted by Gasteiger charge is 2.33. The number of nitrogens with one attached hydrogen (secondary N) is 1. The second-order valence-corrected chi connectivity index (χ2v) is 6.11. The number of nitrogens with zero attached hydrogens (tertiary/aromatic N) is 2. The molecule has 1 aliphatic rings. The third kappa shape index (κ3) is 3.99. The molecule has 3 nitrogen and oxygen atoms in total. The van der Waals surface area contributed by atoms with Crippen molar-refractivity contribution in [2.24, 2.45) is 0 Å². The maximum Gasteiger partial charge on any atom is 0.418 e. The van der Waals surface area contributed by atoms with Crippen molar-refractivity contribution < 1.29 is 13.2 Å². The van der Waals surface area contributed by atoms with Crippen molar-refractivity contribution in [3.63, 3.8) is 0 Å². The van der Waals surface area contributed by atoms with Gasteiger partial charge in [-0.2, -0.15) is 13.2 Å². The Kier molecular flexibility index (Phi) is 5.26. The topological polar surface area (TPSA) is 20.2 Å². The zero-order valence-corrected chi connectivity index (χ0v) is 13.5. The van der Waals surface area contributed by atoms with Gasteiger partial charge in [-0.05, 0) is 50.2 Å². The normalized spacial score (nSPS) is 16.0. The van der Waals surface area contributed by atoms with Crippen LogP contribution in [0, 0.1) is 0 Å². The van der Waals surface area contributed by atoms with E-state index < -0.39 is 11.7 Å². The summed E-state index contributed by atoms with van der Waals surface area (Å²) < 4.78 is 41.3. The van der Waals surface area contributed by atoms with Crippen LogP contribution in [0.25, 0.3) is 5.69 Å². The highest BCUT2D eigenvalue weighted by atomic mass is 19.4.